The standard InChI is InChI=1S/C22H26N2O2/c1-3-22(2,24-15-14-20(24)25)21(26)23-19(18-12-8-5-9-13-18)16-17-10-6-4-7-11-17/h4-13,19H,3,14-16H2,1-2H3,(H,23,26). The van der Waals surface area contributed by atoms with Crippen molar-refractivity contribution in [2.24, 2.45) is 0 Å². The zero-order valence-corrected chi connectivity index (χ0v) is 15.4. The van der Waals surface area contributed by atoms with Gasteiger partial charge in [0, 0.05) is 13.0 Å². The van der Waals surface area contributed by atoms with Crippen molar-refractivity contribution >= 4 is 11.8 Å². The molecule has 0 bridgehead atoms. The maximum atomic E-state index is 13.1. The van der Waals surface area contributed by atoms with Gasteiger partial charge < -0.3 is 10.2 Å². The van der Waals surface area contributed by atoms with Crippen molar-refractivity contribution in [1.82, 2.24) is 10.2 Å². The molecule has 0 spiro atoms. The summed E-state index contributed by atoms with van der Waals surface area (Å²) in [5, 5.41) is 3.21. The number of nitrogens with zero attached hydrogens (tertiary/aromatic N) is 1. The molecule has 0 aromatic heterocycles. The van der Waals surface area contributed by atoms with Crippen molar-refractivity contribution in [3.63, 3.8) is 0 Å². The third-order valence-corrected chi connectivity index (χ3v) is 5.41. The molecule has 2 amide bonds. The van der Waals surface area contributed by atoms with Crippen LogP contribution in [0.15, 0.2) is 60.7 Å². The Morgan fingerprint density at radius 3 is 2.23 bits per heavy atom. The van der Waals surface area contributed by atoms with Crippen LogP contribution in [0.5, 0.6) is 0 Å². The highest BCUT2D eigenvalue weighted by Crippen LogP contribution is 2.28. The fourth-order valence-corrected chi connectivity index (χ4v) is 3.41. The van der Waals surface area contributed by atoms with Gasteiger partial charge in [0.15, 0.2) is 0 Å². The maximum Gasteiger partial charge on any atom is 0.246 e. The van der Waals surface area contributed by atoms with Crippen molar-refractivity contribution < 1.29 is 9.59 Å². The van der Waals surface area contributed by atoms with Crippen LogP contribution in [-0.4, -0.2) is 28.8 Å². The van der Waals surface area contributed by atoms with Crippen LogP contribution < -0.4 is 5.32 Å². The molecule has 0 saturated carbocycles. The summed E-state index contributed by atoms with van der Waals surface area (Å²) in [6.07, 6.45) is 1.84. The maximum absolute atomic E-state index is 13.1. The lowest BCUT2D eigenvalue weighted by Gasteiger charge is -2.45. The summed E-state index contributed by atoms with van der Waals surface area (Å²) >= 11 is 0. The zero-order chi connectivity index (χ0) is 18.6. The number of hydrogen-bond donors (Lipinski definition) is 1. The van der Waals surface area contributed by atoms with E-state index in [2.05, 4.69) is 17.4 Å². The van der Waals surface area contributed by atoms with Gasteiger partial charge in [-0.1, -0.05) is 67.6 Å². The summed E-state index contributed by atoms with van der Waals surface area (Å²) in [6.45, 7) is 4.48. The van der Waals surface area contributed by atoms with Gasteiger partial charge >= 0.3 is 0 Å². The van der Waals surface area contributed by atoms with Gasteiger partial charge in [-0.25, -0.2) is 0 Å². The zero-order valence-electron chi connectivity index (χ0n) is 15.4. The van der Waals surface area contributed by atoms with Crippen LogP contribution in [0.3, 0.4) is 0 Å². The Balaban J connectivity index is 1.82. The van der Waals surface area contributed by atoms with Crippen LogP contribution in [0.4, 0.5) is 0 Å². The van der Waals surface area contributed by atoms with E-state index in [4.69, 9.17) is 0 Å². The number of rotatable bonds is 7. The molecule has 2 unspecified atom stereocenters. The molecule has 1 saturated heterocycles. The van der Waals surface area contributed by atoms with Crippen LogP contribution in [0, 0.1) is 0 Å². The first kappa shape index (κ1) is 18.2. The summed E-state index contributed by atoms with van der Waals surface area (Å²) in [6, 6.07) is 20.0. The van der Waals surface area contributed by atoms with Gasteiger partial charge in [-0.05, 0) is 30.9 Å². The lowest BCUT2D eigenvalue weighted by Crippen LogP contribution is -2.63. The highest BCUT2D eigenvalue weighted by molar-refractivity contribution is 5.93. The number of hydrogen-bond acceptors (Lipinski definition) is 2. The van der Waals surface area contributed by atoms with E-state index in [1.165, 1.54) is 5.56 Å². The SMILES string of the molecule is CCC(C)(C(=O)NC(Cc1ccccc1)c1ccccc1)N1CCC1=O. The molecule has 0 radical (unpaired) electrons. The molecule has 136 valence electrons. The van der Waals surface area contributed by atoms with E-state index in [1.807, 2.05) is 62.4 Å². The predicted octanol–water partition coefficient (Wildman–Crippen LogP) is 3.49. The normalized spacial score (nSPS) is 17.2. The minimum absolute atomic E-state index is 0.0591. The molecule has 1 aliphatic rings. The molecule has 2 aromatic carbocycles. The van der Waals surface area contributed by atoms with Gasteiger partial charge in [0.1, 0.15) is 5.54 Å². The lowest BCUT2D eigenvalue weighted by atomic mass is 9.89. The Kier molecular flexibility index (Phi) is 5.40. The second-order valence-electron chi connectivity index (χ2n) is 7.05. The van der Waals surface area contributed by atoms with Gasteiger partial charge in [-0.15, -0.1) is 0 Å². The summed E-state index contributed by atoms with van der Waals surface area (Å²) in [7, 11) is 0. The molecule has 0 aliphatic carbocycles. The van der Waals surface area contributed by atoms with Crippen molar-refractivity contribution in [3.8, 4) is 0 Å². The highest BCUT2D eigenvalue weighted by atomic mass is 16.2. The first-order valence-electron chi connectivity index (χ1n) is 9.25. The Morgan fingerprint density at radius 1 is 1.12 bits per heavy atom. The number of carbonyl (C=O) groups excluding carboxylic acids is 2. The molecule has 2 aromatic rings. The molecule has 1 aliphatic heterocycles. The van der Waals surface area contributed by atoms with E-state index in [-0.39, 0.29) is 17.9 Å². The van der Waals surface area contributed by atoms with E-state index in [0.717, 1.165) is 5.56 Å². The van der Waals surface area contributed by atoms with Crippen molar-refractivity contribution in [2.75, 3.05) is 6.54 Å². The van der Waals surface area contributed by atoms with E-state index < -0.39 is 5.54 Å². The molecule has 1 fully saturated rings. The average Bonchev–Trinajstić information content (AvgIpc) is 2.67. The van der Waals surface area contributed by atoms with Gasteiger partial charge in [0.05, 0.1) is 6.04 Å². The Labute approximate surface area is 155 Å². The number of likely N-dealkylation sites (tertiary alicyclic amines) is 1. The molecule has 1 N–H and O–H groups in total. The number of benzene rings is 2. The summed E-state index contributed by atoms with van der Waals surface area (Å²) in [4.78, 5) is 26.8. The third kappa shape index (κ3) is 3.64. The largest absolute Gasteiger partial charge is 0.347 e. The Hall–Kier alpha value is -2.62. The summed E-state index contributed by atoms with van der Waals surface area (Å²) < 4.78 is 0. The van der Waals surface area contributed by atoms with E-state index in [1.54, 1.807) is 4.90 Å². The predicted molar refractivity (Wildman–Crippen MR) is 102 cm³/mol. The fraction of sp³-hybridized carbons (Fsp3) is 0.364. The third-order valence-electron chi connectivity index (χ3n) is 5.41. The molecule has 2 atom stereocenters. The molecule has 4 nitrogen and oxygen atoms in total. The molecule has 3 rings (SSSR count). The van der Waals surface area contributed by atoms with Crippen LogP contribution >= 0.6 is 0 Å². The number of amides is 2. The molecular formula is C22H26N2O2. The molecule has 26 heavy (non-hydrogen) atoms. The van der Waals surface area contributed by atoms with E-state index >= 15 is 0 Å². The Morgan fingerprint density at radius 2 is 1.73 bits per heavy atom. The number of nitrogens with one attached hydrogen (secondary N) is 1. The van der Waals surface area contributed by atoms with E-state index in [9.17, 15) is 9.59 Å². The Bertz CT molecular complexity index is 760. The minimum atomic E-state index is -0.793. The summed E-state index contributed by atoms with van der Waals surface area (Å²) in [5.41, 5.74) is 1.44. The fourth-order valence-electron chi connectivity index (χ4n) is 3.41. The lowest BCUT2D eigenvalue weighted by molar-refractivity contribution is -0.156. The number of β-lactam (4-membered cyclic amide) rings is 1. The van der Waals surface area contributed by atoms with Crippen molar-refractivity contribution in [3.05, 3.63) is 71.8 Å². The molecule has 4 heteroatoms. The quantitative estimate of drug-likeness (QED) is 0.777. The van der Waals surface area contributed by atoms with E-state index in [0.29, 0.717) is 25.8 Å². The molecular weight excluding hydrogens is 324 g/mol. The highest BCUT2D eigenvalue weighted by Gasteiger charge is 2.45. The smallest absolute Gasteiger partial charge is 0.246 e. The van der Waals surface area contributed by atoms with Crippen LogP contribution in [0.25, 0.3) is 0 Å². The summed E-state index contributed by atoms with van der Waals surface area (Å²) in [5.74, 6) is -0.0262. The second-order valence-corrected chi connectivity index (χ2v) is 7.05. The minimum Gasteiger partial charge on any atom is -0.347 e. The van der Waals surface area contributed by atoms with Crippen LogP contribution in [-0.2, 0) is 16.0 Å². The average molecular weight is 350 g/mol. The van der Waals surface area contributed by atoms with Gasteiger partial charge in [-0.3, -0.25) is 9.59 Å². The van der Waals surface area contributed by atoms with Gasteiger partial charge in [0.25, 0.3) is 0 Å². The topological polar surface area (TPSA) is 49.4 Å². The van der Waals surface area contributed by atoms with Crippen LogP contribution in [0.2, 0.25) is 0 Å². The monoisotopic (exact) mass is 350 g/mol. The van der Waals surface area contributed by atoms with Crippen molar-refractivity contribution in [2.45, 2.75) is 44.7 Å². The molecule has 1 heterocycles. The van der Waals surface area contributed by atoms with Gasteiger partial charge in [-0.2, -0.15) is 0 Å². The van der Waals surface area contributed by atoms with Gasteiger partial charge in [0.2, 0.25) is 11.8 Å². The number of carbonyl (C=O) groups is 2. The second kappa shape index (κ2) is 7.73. The first-order valence-corrected chi connectivity index (χ1v) is 9.25. The van der Waals surface area contributed by atoms with Crippen LogP contribution in [0.1, 0.15) is 43.9 Å². The van der Waals surface area contributed by atoms with Crippen molar-refractivity contribution in [1.29, 1.82) is 0 Å². The first-order chi connectivity index (χ1) is 12.5.